The van der Waals surface area contributed by atoms with Crippen molar-refractivity contribution in [1.29, 1.82) is 0 Å². The molecule has 0 aliphatic carbocycles. The molecule has 0 unspecified atom stereocenters. The highest BCUT2D eigenvalue weighted by molar-refractivity contribution is 6.08. The van der Waals surface area contributed by atoms with Crippen molar-refractivity contribution < 1.29 is 28.7 Å². The summed E-state index contributed by atoms with van der Waals surface area (Å²) in [5, 5.41) is 2.35. The van der Waals surface area contributed by atoms with E-state index in [4.69, 9.17) is 9.47 Å². The van der Waals surface area contributed by atoms with E-state index in [1.54, 1.807) is 80.4 Å². The van der Waals surface area contributed by atoms with Crippen molar-refractivity contribution in [3.8, 4) is 34.6 Å². The average molecular weight is 552 g/mol. The molecule has 0 saturated carbocycles. The van der Waals surface area contributed by atoms with Crippen LogP contribution in [-0.2, 0) is 20.9 Å². The first-order chi connectivity index (χ1) is 19.5. The number of fused-ring (bicyclic) bond motifs is 1. The average Bonchev–Trinajstić information content (AvgIpc) is 3.41. The highest BCUT2D eigenvalue weighted by Gasteiger charge is 2.48. The van der Waals surface area contributed by atoms with Crippen molar-refractivity contribution in [2.45, 2.75) is 33.7 Å². The molecule has 0 radical (unpaired) electrons. The van der Waals surface area contributed by atoms with Crippen molar-refractivity contribution in [3.63, 3.8) is 0 Å². The third-order valence-corrected chi connectivity index (χ3v) is 7.00. The first-order valence-corrected chi connectivity index (χ1v) is 13.1. The van der Waals surface area contributed by atoms with E-state index in [1.165, 1.54) is 7.11 Å². The number of rotatable bonds is 5. The molecular formula is C32H29N3O6. The van der Waals surface area contributed by atoms with Crippen molar-refractivity contribution in [3.05, 3.63) is 77.5 Å². The van der Waals surface area contributed by atoms with Crippen LogP contribution in [0.25, 0.3) is 11.3 Å². The van der Waals surface area contributed by atoms with Gasteiger partial charge in [-0.3, -0.25) is 29.5 Å². The Morgan fingerprint density at radius 2 is 1.85 bits per heavy atom. The number of hydrogen-bond donors (Lipinski definition) is 1. The number of ether oxygens (including phenoxy) is 2. The first-order valence-electron chi connectivity index (χ1n) is 13.1. The lowest BCUT2D eigenvalue weighted by atomic mass is 9.85. The molecule has 1 atom stereocenters. The van der Waals surface area contributed by atoms with Crippen LogP contribution in [0.5, 0.6) is 11.5 Å². The number of nitrogens with one attached hydrogen (secondary N) is 1. The minimum absolute atomic E-state index is 0.0259. The molecule has 208 valence electrons. The molecule has 1 aromatic heterocycles. The zero-order valence-electron chi connectivity index (χ0n) is 23.2. The number of carbonyl (C=O) groups excluding carboxylic acids is 4. The van der Waals surface area contributed by atoms with Gasteiger partial charge in [-0.05, 0) is 62.7 Å². The Morgan fingerprint density at radius 1 is 1.10 bits per heavy atom. The minimum Gasteiger partial charge on any atom is -0.497 e. The van der Waals surface area contributed by atoms with Crippen LogP contribution >= 0.6 is 0 Å². The molecule has 41 heavy (non-hydrogen) atoms. The lowest BCUT2D eigenvalue weighted by Gasteiger charge is -2.25. The van der Waals surface area contributed by atoms with E-state index in [0.29, 0.717) is 40.4 Å². The summed E-state index contributed by atoms with van der Waals surface area (Å²) in [4.78, 5) is 56.8. The van der Waals surface area contributed by atoms with Gasteiger partial charge < -0.3 is 14.4 Å². The zero-order chi connectivity index (χ0) is 29.4. The number of pyridine rings is 1. The zero-order valence-corrected chi connectivity index (χ0v) is 23.2. The fourth-order valence-corrected chi connectivity index (χ4v) is 4.68. The molecule has 0 bridgehead atoms. The lowest BCUT2D eigenvalue weighted by Crippen LogP contribution is -2.42. The summed E-state index contributed by atoms with van der Waals surface area (Å²) in [7, 11) is 1.53. The third-order valence-electron chi connectivity index (χ3n) is 7.00. The van der Waals surface area contributed by atoms with Crippen LogP contribution < -0.4 is 14.8 Å². The summed E-state index contributed by atoms with van der Waals surface area (Å²) in [6, 6.07) is 15.8. The normalized spacial score (nSPS) is 18.0. The molecule has 2 aliphatic heterocycles. The number of aromatic nitrogens is 1. The number of hydrogen-bond acceptors (Lipinski definition) is 7. The Labute approximate surface area is 237 Å². The second-order valence-corrected chi connectivity index (χ2v) is 11.1. The van der Waals surface area contributed by atoms with E-state index in [-0.39, 0.29) is 24.8 Å². The van der Waals surface area contributed by atoms with E-state index < -0.39 is 22.6 Å². The van der Waals surface area contributed by atoms with Gasteiger partial charge in [-0.25, -0.2) is 0 Å². The number of imide groups is 1. The smallest absolute Gasteiger partial charge is 0.316 e. The summed E-state index contributed by atoms with van der Waals surface area (Å²) in [5.74, 6) is 5.39. The maximum absolute atomic E-state index is 13.1. The molecule has 3 heterocycles. The maximum Gasteiger partial charge on any atom is 0.316 e. The quantitative estimate of drug-likeness (QED) is 0.292. The Kier molecular flexibility index (Phi) is 7.09. The predicted molar refractivity (Wildman–Crippen MR) is 150 cm³/mol. The highest BCUT2D eigenvalue weighted by Crippen LogP contribution is 2.34. The van der Waals surface area contributed by atoms with Crippen LogP contribution in [0.2, 0.25) is 0 Å². The summed E-state index contributed by atoms with van der Waals surface area (Å²) < 4.78 is 10.8. The number of carbonyl (C=O) groups is 4. The van der Waals surface area contributed by atoms with Crippen molar-refractivity contribution in [2.75, 3.05) is 13.7 Å². The summed E-state index contributed by atoms with van der Waals surface area (Å²) >= 11 is 0. The predicted octanol–water partition coefficient (Wildman–Crippen LogP) is 3.75. The molecule has 9 nitrogen and oxygen atoms in total. The van der Waals surface area contributed by atoms with Crippen molar-refractivity contribution in [1.82, 2.24) is 15.2 Å². The second-order valence-electron chi connectivity index (χ2n) is 11.1. The van der Waals surface area contributed by atoms with Crippen LogP contribution in [0.15, 0.2) is 60.8 Å². The number of esters is 1. The Morgan fingerprint density at radius 3 is 2.51 bits per heavy atom. The van der Waals surface area contributed by atoms with Crippen LogP contribution in [-0.4, -0.2) is 47.2 Å². The van der Waals surface area contributed by atoms with Gasteiger partial charge in [-0.2, -0.15) is 0 Å². The van der Waals surface area contributed by atoms with E-state index >= 15 is 0 Å². The molecular weight excluding hydrogens is 522 g/mol. The molecule has 3 amide bonds. The first kappa shape index (κ1) is 27.6. The van der Waals surface area contributed by atoms with Gasteiger partial charge in [0.05, 0.1) is 18.9 Å². The van der Waals surface area contributed by atoms with Gasteiger partial charge in [0.2, 0.25) is 11.8 Å². The van der Waals surface area contributed by atoms with E-state index in [1.807, 2.05) is 6.07 Å². The van der Waals surface area contributed by atoms with Gasteiger partial charge >= 0.3 is 5.97 Å². The number of benzene rings is 2. The Bertz CT molecular complexity index is 1630. The van der Waals surface area contributed by atoms with E-state index in [0.717, 1.165) is 5.56 Å². The molecule has 1 N–H and O–H groups in total. The molecule has 2 aliphatic rings. The number of nitrogens with zero attached hydrogens (tertiary/aromatic N) is 2. The van der Waals surface area contributed by atoms with E-state index in [2.05, 4.69) is 22.1 Å². The topological polar surface area (TPSA) is 115 Å². The largest absolute Gasteiger partial charge is 0.497 e. The minimum atomic E-state index is -1.38. The lowest BCUT2D eigenvalue weighted by molar-refractivity contribution is -0.143. The molecule has 0 spiro atoms. The molecule has 1 saturated heterocycles. The molecule has 1 fully saturated rings. The van der Waals surface area contributed by atoms with Gasteiger partial charge in [0.15, 0.2) is 5.75 Å². The van der Waals surface area contributed by atoms with Gasteiger partial charge in [-0.1, -0.05) is 30.0 Å². The van der Waals surface area contributed by atoms with Crippen LogP contribution in [0.3, 0.4) is 0 Å². The fraction of sp³-hybridized carbons (Fsp3) is 0.281. The van der Waals surface area contributed by atoms with Crippen LogP contribution in [0.4, 0.5) is 0 Å². The summed E-state index contributed by atoms with van der Waals surface area (Å²) in [6.45, 7) is 5.62. The van der Waals surface area contributed by atoms with Crippen molar-refractivity contribution >= 4 is 23.7 Å². The monoisotopic (exact) mass is 551 g/mol. The SMILES string of the molecule is COc1ccc2c(c1)C(=O)N(C[C@@]1(C#Cc3ccc(-c4ncccc4OC(=O)C(C)(C)C)cc3)CC(=O)NC1=O)C2. The van der Waals surface area contributed by atoms with Gasteiger partial charge in [-0.15, -0.1) is 0 Å². The molecule has 5 rings (SSSR count). The second kappa shape index (κ2) is 10.5. The summed E-state index contributed by atoms with van der Waals surface area (Å²) in [5.41, 5.74) is 1.10. The van der Waals surface area contributed by atoms with Crippen LogP contribution in [0, 0.1) is 22.7 Å². The van der Waals surface area contributed by atoms with Gasteiger partial charge in [0.25, 0.3) is 5.91 Å². The van der Waals surface area contributed by atoms with E-state index in [9.17, 15) is 19.2 Å². The maximum atomic E-state index is 13.1. The Balaban J connectivity index is 1.39. The number of amides is 3. The third kappa shape index (κ3) is 5.54. The summed E-state index contributed by atoms with van der Waals surface area (Å²) in [6.07, 6.45) is 1.47. The highest BCUT2D eigenvalue weighted by atomic mass is 16.5. The fourth-order valence-electron chi connectivity index (χ4n) is 4.68. The Hall–Kier alpha value is -4.97. The van der Waals surface area contributed by atoms with Crippen molar-refractivity contribution in [2.24, 2.45) is 10.8 Å². The molecule has 3 aromatic rings. The van der Waals surface area contributed by atoms with Crippen LogP contribution in [0.1, 0.15) is 48.7 Å². The molecule has 9 heteroatoms. The van der Waals surface area contributed by atoms with Gasteiger partial charge in [0.1, 0.15) is 16.9 Å². The van der Waals surface area contributed by atoms with Gasteiger partial charge in [0, 0.05) is 36.0 Å². The number of methoxy groups -OCH3 is 1. The molecule has 2 aromatic carbocycles. The standard InChI is InChI=1S/C32H29N3O6/c1-31(2,3)30(39)41-25-6-5-15-33-27(25)21-9-7-20(8-10-21)13-14-32(17-26(36)34-29(32)38)19-35-18-22-11-12-23(40-4)16-24(22)28(35)37/h5-12,15-16H,17-19H2,1-4H3,(H,34,36,38)/t32-/m1/s1.